The standard InChI is InChI=1S/C23H18N2O2.C17H15NO3/c26-21(27)16-20-22(17-10-4-1-5-11-17)23(18-12-6-2-7-13-18)24-25(20)19-14-8-3-9-15-19;1-11(17(20)21)12-6-8-14(9-7-12)18-10-13-4-2-3-5-15(13)16(18)19/h1-15H,16H2,(H,26,27);2-9,11H,10H2,1H3,(H,20,21). The molecule has 0 radical (unpaired) electrons. The SMILES string of the molecule is CC(C(=O)O)c1ccc(N2Cc3ccccc3C2=O)cc1.O=C(O)Cc1c(-c2ccccc2)c(-c2ccccc2)nn1-c1ccccc1. The lowest BCUT2D eigenvalue weighted by Gasteiger charge is -2.16. The summed E-state index contributed by atoms with van der Waals surface area (Å²) in [5, 5.41) is 23.4. The quantitative estimate of drug-likeness (QED) is 0.176. The molecule has 48 heavy (non-hydrogen) atoms. The van der Waals surface area contributed by atoms with Gasteiger partial charge in [0.15, 0.2) is 0 Å². The molecule has 238 valence electrons. The van der Waals surface area contributed by atoms with Gasteiger partial charge in [-0.05, 0) is 53.9 Å². The second kappa shape index (κ2) is 14.0. The Hall–Kier alpha value is -6.28. The third-order valence-electron chi connectivity index (χ3n) is 8.31. The van der Waals surface area contributed by atoms with E-state index in [1.165, 1.54) is 0 Å². The van der Waals surface area contributed by atoms with E-state index >= 15 is 0 Å². The molecular formula is C40H33N3O5. The molecule has 2 heterocycles. The molecule has 0 bridgehead atoms. The van der Waals surface area contributed by atoms with Crippen LogP contribution in [0, 0.1) is 0 Å². The molecule has 5 aromatic carbocycles. The van der Waals surface area contributed by atoms with Gasteiger partial charge in [-0.3, -0.25) is 14.4 Å². The number of para-hydroxylation sites is 1. The summed E-state index contributed by atoms with van der Waals surface area (Å²) in [6.45, 7) is 2.21. The Bertz CT molecular complexity index is 2060. The number of benzene rings is 5. The number of amides is 1. The van der Waals surface area contributed by atoms with E-state index in [-0.39, 0.29) is 12.3 Å². The third kappa shape index (κ3) is 6.64. The van der Waals surface area contributed by atoms with Crippen LogP contribution in [0.1, 0.15) is 40.0 Å². The highest BCUT2D eigenvalue weighted by atomic mass is 16.4. The van der Waals surface area contributed by atoms with Crippen LogP contribution in [0.15, 0.2) is 140 Å². The first-order chi connectivity index (χ1) is 23.3. The highest BCUT2D eigenvalue weighted by Gasteiger charge is 2.28. The largest absolute Gasteiger partial charge is 0.481 e. The van der Waals surface area contributed by atoms with Crippen molar-refractivity contribution in [2.45, 2.75) is 25.8 Å². The van der Waals surface area contributed by atoms with Crippen molar-refractivity contribution in [3.63, 3.8) is 0 Å². The van der Waals surface area contributed by atoms with Gasteiger partial charge in [-0.1, -0.05) is 109 Å². The van der Waals surface area contributed by atoms with E-state index in [2.05, 4.69) is 0 Å². The van der Waals surface area contributed by atoms with Gasteiger partial charge in [-0.15, -0.1) is 0 Å². The monoisotopic (exact) mass is 635 g/mol. The Labute approximate surface area is 278 Å². The summed E-state index contributed by atoms with van der Waals surface area (Å²) in [5.74, 6) is -2.30. The molecule has 1 aromatic heterocycles. The van der Waals surface area contributed by atoms with E-state index in [0.717, 1.165) is 50.4 Å². The predicted molar refractivity (Wildman–Crippen MR) is 185 cm³/mol. The fourth-order valence-corrected chi connectivity index (χ4v) is 5.80. The number of carboxylic acids is 2. The van der Waals surface area contributed by atoms with Crippen LogP contribution in [0.5, 0.6) is 0 Å². The first-order valence-corrected chi connectivity index (χ1v) is 15.5. The zero-order chi connectivity index (χ0) is 33.6. The Morgan fingerprint density at radius 2 is 1.27 bits per heavy atom. The fourth-order valence-electron chi connectivity index (χ4n) is 5.80. The predicted octanol–water partition coefficient (Wildman–Crippen LogP) is 7.87. The number of carboxylic acid groups (broad SMARTS) is 2. The summed E-state index contributed by atoms with van der Waals surface area (Å²) in [7, 11) is 0. The third-order valence-corrected chi connectivity index (χ3v) is 8.31. The van der Waals surface area contributed by atoms with Gasteiger partial charge in [0.1, 0.15) is 5.69 Å². The Morgan fingerprint density at radius 1 is 0.708 bits per heavy atom. The number of hydrogen-bond donors (Lipinski definition) is 2. The van der Waals surface area contributed by atoms with Gasteiger partial charge in [0.05, 0.1) is 30.3 Å². The van der Waals surface area contributed by atoms with E-state index in [4.69, 9.17) is 10.2 Å². The van der Waals surface area contributed by atoms with Gasteiger partial charge in [0, 0.05) is 22.4 Å². The molecule has 0 saturated carbocycles. The molecule has 6 aromatic rings. The Kier molecular flexibility index (Phi) is 9.25. The second-order valence-corrected chi connectivity index (χ2v) is 11.4. The van der Waals surface area contributed by atoms with Crippen LogP contribution >= 0.6 is 0 Å². The van der Waals surface area contributed by atoms with Crippen molar-refractivity contribution < 1.29 is 24.6 Å². The van der Waals surface area contributed by atoms with Crippen molar-refractivity contribution in [2.75, 3.05) is 4.90 Å². The number of fused-ring (bicyclic) bond motifs is 1. The van der Waals surface area contributed by atoms with Crippen molar-refractivity contribution >= 4 is 23.5 Å². The van der Waals surface area contributed by atoms with Gasteiger partial charge in [-0.25, -0.2) is 4.68 Å². The molecule has 0 saturated heterocycles. The number of carbonyl (C=O) groups is 3. The van der Waals surface area contributed by atoms with Crippen molar-refractivity contribution in [1.29, 1.82) is 0 Å². The molecule has 0 fully saturated rings. The summed E-state index contributed by atoms with van der Waals surface area (Å²) in [5.41, 5.74) is 8.33. The second-order valence-electron chi connectivity index (χ2n) is 11.4. The lowest BCUT2D eigenvalue weighted by atomic mass is 9.97. The topological polar surface area (TPSA) is 113 Å². The molecule has 1 atom stereocenters. The maximum atomic E-state index is 12.4. The number of hydrogen-bond acceptors (Lipinski definition) is 4. The molecule has 1 aliphatic rings. The molecule has 0 aliphatic carbocycles. The van der Waals surface area contributed by atoms with Crippen molar-refractivity contribution in [3.05, 3.63) is 162 Å². The zero-order valence-electron chi connectivity index (χ0n) is 26.2. The molecule has 8 nitrogen and oxygen atoms in total. The number of carbonyl (C=O) groups excluding carboxylic acids is 1. The first kappa shape index (κ1) is 31.7. The minimum absolute atomic E-state index is 0.00960. The normalized spacial score (nSPS) is 12.5. The molecule has 1 amide bonds. The van der Waals surface area contributed by atoms with E-state index < -0.39 is 17.9 Å². The molecule has 1 aliphatic heterocycles. The van der Waals surface area contributed by atoms with Crippen LogP contribution in [0.4, 0.5) is 5.69 Å². The van der Waals surface area contributed by atoms with Crippen molar-refractivity contribution in [2.24, 2.45) is 0 Å². The van der Waals surface area contributed by atoms with Crippen LogP contribution in [-0.4, -0.2) is 37.8 Å². The molecule has 7 rings (SSSR count). The number of anilines is 1. The maximum Gasteiger partial charge on any atom is 0.310 e. The van der Waals surface area contributed by atoms with Crippen LogP contribution in [0.3, 0.4) is 0 Å². The van der Waals surface area contributed by atoms with Gasteiger partial charge < -0.3 is 15.1 Å². The highest BCUT2D eigenvalue weighted by Crippen LogP contribution is 2.36. The van der Waals surface area contributed by atoms with Gasteiger partial charge in [0.25, 0.3) is 5.91 Å². The summed E-state index contributed by atoms with van der Waals surface area (Å²) in [4.78, 5) is 36.7. The van der Waals surface area contributed by atoms with Gasteiger partial charge in [0.2, 0.25) is 0 Å². The number of aliphatic carboxylic acids is 2. The van der Waals surface area contributed by atoms with Crippen LogP contribution in [0.2, 0.25) is 0 Å². The molecular weight excluding hydrogens is 602 g/mol. The van der Waals surface area contributed by atoms with E-state index in [1.807, 2.05) is 115 Å². The van der Waals surface area contributed by atoms with E-state index in [0.29, 0.717) is 12.2 Å². The highest BCUT2D eigenvalue weighted by molar-refractivity contribution is 6.10. The molecule has 2 N–H and O–H groups in total. The lowest BCUT2D eigenvalue weighted by molar-refractivity contribution is -0.138. The Balaban J connectivity index is 0.000000173. The van der Waals surface area contributed by atoms with Crippen molar-refractivity contribution in [3.8, 4) is 28.1 Å². The molecule has 1 unspecified atom stereocenters. The van der Waals surface area contributed by atoms with Crippen LogP contribution in [-0.2, 0) is 22.6 Å². The maximum absolute atomic E-state index is 12.4. The minimum atomic E-state index is -0.885. The smallest absolute Gasteiger partial charge is 0.310 e. The van der Waals surface area contributed by atoms with E-state index in [1.54, 1.807) is 40.8 Å². The molecule has 0 spiro atoms. The summed E-state index contributed by atoms with van der Waals surface area (Å²) < 4.78 is 1.75. The van der Waals surface area contributed by atoms with Crippen LogP contribution < -0.4 is 4.90 Å². The molecule has 8 heteroatoms. The van der Waals surface area contributed by atoms with Crippen molar-refractivity contribution in [1.82, 2.24) is 9.78 Å². The number of aromatic nitrogens is 2. The first-order valence-electron chi connectivity index (χ1n) is 15.5. The summed E-state index contributed by atoms with van der Waals surface area (Å²) >= 11 is 0. The van der Waals surface area contributed by atoms with Gasteiger partial charge >= 0.3 is 11.9 Å². The minimum Gasteiger partial charge on any atom is -0.481 e. The average Bonchev–Trinajstić information content (AvgIpc) is 3.67. The summed E-state index contributed by atoms with van der Waals surface area (Å²) in [6, 6.07) is 44.1. The number of nitrogens with zero attached hydrogens (tertiary/aromatic N) is 3. The van der Waals surface area contributed by atoms with Crippen LogP contribution in [0.25, 0.3) is 28.1 Å². The van der Waals surface area contributed by atoms with E-state index in [9.17, 15) is 19.5 Å². The Morgan fingerprint density at radius 3 is 1.85 bits per heavy atom. The summed E-state index contributed by atoms with van der Waals surface area (Å²) in [6.07, 6.45) is -0.112. The lowest BCUT2D eigenvalue weighted by Crippen LogP contribution is -2.23. The number of rotatable bonds is 8. The zero-order valence-corrected chi connectivity index (χ0v) is 26.2. The average molecular weight is 636 g/mol. The van der Waals surface area contributed by atoms with Gasteiger partial charge in [-0.2, -0.15) is 5.10 Å². The fraction of sp³-hybridized carbons (Fsp3) is 0.100.